The Kier molecular flexibility index (Phi) is 5.61. The minimum Gasteiger partial charge on any atom is -0.396 e. The van der Waals surface area contributed by atoms with Gasteiger partial charge < -0.3 is 10.4 Å². The van der Waals surface area contributed by atoms with E-state index in [1.165, 1.54) is 18.9 Å². The molecule has 1 aromatic carbocycles. The molecule has 0 radical (unpaired) electrons. The van der Waals surface area contributed by atoms with Crippen LogP contribution in [0.1, 0.15) is 31.2 Å². The lowest BCUT2D eigenvalue weighted by Gasteiger charge is -2.30. The van der Waals surface area contributed by atoms with Crippen molar-refractivity contribution in [3.63, 3.8) is 0 Å². The van der Waals surface area contributed by atoms with E-state index in [-0.39, 0.29) is 12.4 Å². The zero-order valence-electron chi connectivity index (χ0n) is 11.0. The molecule has 0 heterocycles. The highest BCUT2D eigenvalue weighted by atomic mass is 35.5. The van der Waals surface area contributed by atoms with Gasteiger partial charge in [-0.15, -0.1) is 0 Å². The predicted molar refractivity (Wildman–Crippen MR) is 75.7 cm³/mol. The summed E-state index contributed by atoms with van der Waals surface area (Å²) in [6, 6.07) is 4.77. The zero-order chi connectivity index (χ0) is 13.7. The van der Waals surface area contributed by atoms with Gasteiger partial charge in [0.2, 0.25) is 0 Å². The van der Waals surface area contributed by atoms with Crippen molar-refractivity contribution in [1.29, 1.82) is 0 Å². The third-order valence-electron chi connectivity index (χ3n) is 4.04. The van der Waals surface area contributed by atoms with Gasteiger partial charge in [-0.2, -0.15) is 0 Å². The molecule has 0 aliphatic heterocycles. The van der Waals surface area contributed by atoms with Crippen molar-refractivity contribution in [3.8, 4) is 0 Å². The minimum absolute atomic E-state index is 0.262. The molecule has 2 rings (SSSR count). The van der Waals surface area contributed by atoms with Crippen molar-refractivity contribution >= 4 is 11.6 Å². The lowest BCUT2D eigenvalue weighted by Crippen LogP contribution is -2.32. The van der Waals surface area contributed by atoms with Gasteiger partial charge in [0.15, 0.2) is 0 Å². The Morgan fingerprint density at radius 2 is 2.00 bits per heavy atom. The maximum Gasteiger partial charge on any atom is 0.129 e. The van der Waals surface area contributed by atoms with Crippen molar-refractivity contribution in [2.45, 2.75) is 32.2 Å². The van der Waals surface area contributed by atoms with Crippen LogP contribution in [0.3, 0.4) is 0 Å². The van der Waals surface area contributed by atoms with Gasteiger partial charge in [-0.3, -0.25) is 0 Å². The molecule has 2 N–H and O–H groups in total. The largest absolute Gasteiger partial charge is 0.396 e. The lowest BCUT2D eigenvalue weighted by atomic mass is 9.79. The summed E-state index contributed by atoms with van der Waals surface area (Å²) < 4.78 is 13.6. The van der Waals surface area contributed by atoms with Crippen LogP contribution in [-0.2, 0) is 6.54 Å². The summed E-state index contributed by atoms with van der Waals surface area (Å²) in [5.74, 6) is 0.646. The SMILES string of the molecule is OCC1CCCCC1CNCc1ccc(Cl)cc1F. The highest BCUT2D eigenvalue weighted by Gasteiger charge is 2.23. The fourth-order valence-corrected chi connectivity index (χ4v) is 3.01. The topological polar surface area (TPSA) is 32.3 Å². The summed E-state index contributed by atoms with van der Waals surface area (Å²) >= 11 is 5.72. The van der Waals surface area contributed by atoms with Crippen molar-refractivity contribution in [1.82, 2.24) is 5.32 Å². The average molecular weight is 286 g/mol. The average Bonchev–Trinajstić information content (AvgIpc) is 2.42. The van der Waals surface area contributed by atoms with Crippen molar-refractivity contribution < 1.29 is 9.50 Å². The number of nitrogens with one attached hydrogen (secondary N) is 1. The first-order valence-corrected chi connectivity index (χ1v) is 7.34. The fourth-order valence-electron chi connectivity index (χ4n) is 2.85. The molecule has 2 atom stereocenters. The van der Waals surface area contributed by atoms with Crippen LogP contribution in [0.25, 0.3) is 0 Å². The minimum atomic E-state index is -0.262. The Hall–Kier alpha value is -0.640. The monoisotopic (exact) mass is 285 g/mol. The molecule has 0 aromatic heterocycles. The van der Waals surface area contributed by atoms with E-state index in [2.05, 4.69) is 5.32 Å². The second-order valence-electron chi connectivity index (χ2n) is 5.35. The zero-order valence-corrected chi connectivity index (χ0v) is 11.8. The van der Waals surface area contributed by atoms with E-state index in [0.29, 0.717) is 29.0 Å². The number of aliphatic hydroxyl groups is 1. The smallest absolute Gasteiger partial charge is 0.129 e. The number of halogens is 2. The van der Waals surface area contributed by atoms with Crippen LogP contribution in [0.15, 0.2) is 18.2 Å². The Balaban J connectivity index is 1.82. The Morgan fingerprint density at radius 3 is 2.68 bits per heavy atom. The van der Waals surface area contributed by atoms with E-state index in [1.54, 1.807) is 12.1 Å². The van der Waals surface area contributed by atoms with Crippen LogP contribution < -0.4 is 5.32 Å². The van der Waals surface area contributed by atoms with Gasteiger partial charge in [-0.1, -0.05) is 30.5 Å². The second kappa shape index (κ2) is 7.22. The summed E-state index contributed by atoms with van der Waals surface area (Å²) in [7, 11) is 0. The molecule has 1 aromatic rings. The fraction of sp³-hybridized carbons (Fsp3) is 0.600. The van der Waals surface area contributed by atoms with Gasteiger partial charge in [0.25, 0.3) is 0 Å². The third-order valence-corrected chi connectivity index (χ3v) is 4.27. The molecule has 0 bridgehead atoms. The molecule has 1 aliphatic rings. The van der Waals surface area contributed by atoms with Crippen LogP contribution in [0.2, 0.25) is 5.02 Å². The summed E-state index contributed by atoms with van der Waals surface area (Å²) in [4.78, 5) is 0. The molecular formula is C15H21ClFNO. The van der Waals surface area contributed by atoms with Gasteiger partial charge in [0.1, 0.15) is 5.82 Å². The number of rotatable bonds is 5. The number of aliphatic hydroxyl groups excluding tert-OH is 1. The number of hydrogen-bond acceptors (Lipinski definition) is 2. The molecule has 0 amide bonds. The van der Waals surface area contributed by atoms with Crippen LogP contribution >= 0.6 is 11.6 Å². The first kappa shape index (κ1) is 14.8. The molecule has 0 saturated heterocycles. The predicted octanol–water partition coefficient (Wildman–Crippen LogP) is 3.37. The Morgan fingerprint density at radius 1 is 1.26 bits per heavy atom. The standard InChI is InChI=1S/C15H21ClFNO/c16-14-6-5-12(15(17)7-14)9-18-8-11-3-1-2-4-13(11)10-19/h5-7,11,13,18-19H,1-4,8-10H2. The first-order valence-electron chi connectivity index (χ1n) is 6.96. The number of benzene rings is 1. The van der Waals surface area contributed by atoms with E-state index < -0.39 is 0 Å². The van der Waals surface area contributed by atoms with Gasteiger partial charge in [0.05, 0.1) is 0 Å². The summed E-state index contributed by atoms with van der Waals surface area (Å²) in [5, 5.41) is 13.1. The quantitative estimate of drug-likeness (QED) is 0.869. The molecule has 2 unspecified atom stereocenters. The van der Waals surface area contributed by atoms with Crippen LogP contribution in [0.4, 0.5) is 4.39 Å². The maximum absolute atomic E-state index is 13.6. The highest BCUT2D eigenvalue weighted by molar-refractivity contribution is 6.30. The first-order chi connectivity index (χ1) is 9.20. The Bertz CT molecular complexity index is 413. The lowest BCUT2D eigenvalue weighted by molar-refractivity contribution is 0.133. The van der Waals surface area contributed by atoms with Gasteiger partial charge in [0, 0.05) is 23.7 Å². The molecule has 4 heteroatoms. The molecule has 1 saturated carbocycles. The maximum atomic E-state index is 13.6. The van der Waals surface area contributed by atoms with E-state index in [0.717, 1.165) is 19.4 Å². The van der Waals surface area contributed by atoms with Gasteiger partial charge in [-0.25, -0.2) is 4.39 Å². The van der Waals surface area contributed by atoms with Crippen molar-refractivity contribution in [2.75, 3.05) is 13.2 Å². The molecule has 106 valence electrons. The summed E-state index contributed by atoms with van der Waals surface area (Å²) in [6.07, 6.45) is 4.71. The van der Waals surface area contributed by atoms with E-state index in [4.69, 9.17) is 11.6 Å². The molecular weight excluding hydrogens is 265 g/mol. The van der Waals surface area contributed by atoms with Crippen LogP contribution in [0, 0.1) is 17.7 Å². The molecule has 19 heavy (non-hydrogen) atoms. The van der Waals surface area contributed by atoms with E-state index in [1.807, 2.05) is 0 Å². The van der Waals surface area contributed by atoms with Gasteiger partial charge >= 0.3 is 0 Å². The van der Waals surface area contributed by atoms with E-state index in [9.17, 15) is 9.50 Å². The summed E-state index contributed by atoms with van der Waals surface area (Å²) in [6.45, 7) is 1.62. The Labute approximate surface area is 119 Å². The summed E-state index contributed by atoms with van der Waals surface area (Å²) in [5.41, 5.74) is 0.640. The second-order valence-corrected chi connectivity index (χ2v) is 5.79. The molecule has 1 aliphatic carbocycles. The van der Waals surface area contributed by atoms with Gasteiger partial charge in [-0.05, 0) is 43.4 Å². The van der Waals surface area contributed by atoms with Crippen molar-refractivity contribution in [3.05, 3.63) is 34.6 Å². The molecule has 0 spiro atoms. The molecule has 2 nitrogen and oxygen atoms in total. The highest BCUT2D eigenvalue weighted by Crippen LogP contribution is 2.29. The number of hydrogen-bond donors (Lipinski definition) is 2. The van der Waals surface area contributed by atoms with Crippen molar-refractivity contribution in [2.24, 2.45) is 11.8 Å². The van der Waals surface area contributed by atoms with E-state index >= 15 is 0 Å². The van der Waals surface area contributed by atoms with Crippen LogP contribution in [-0.4, -0.2) is 18.3 Å². The molecule has 1 fully saturated rings. The third kappa shape index (κ3) is 4.16. The normalized spacial score (nSPS) is 23.5. The van der Waals surface area contributed by atoms with Crippen LogP contribution in [0.5, 0.6) is 0 Å².